The number of nitro groups is 1. The van der Waals surface area contributed by atoms with E-state index in [-0.39, 0.29) is 18.0 Å². The quantitative estimate of drug-likeness (QED) is 0.479. The molecule has 0 unspecified atom stereocenters. The van der Waals surface area contributed by atoms with E-state index in [2.05, 4.69) is 24.4 Å². The van der Waals surface area contributed by atoms with Crippen LogP contribution in [0.25, 0.3) is 0 Å². The van der Waals surface area contributed by atoms with Crippen molar-refractivity contribution in [2.24, 2.45) is 5.10 Å². The molecule has 0 bridgehead atoms. The van der Waals surface area contributed by atoms with Gasteiger partial charge in [0.1, 0.15) is 0 Å². The van der Waals surface area contributed by atoms with Gasteiger partial charge >= 0.3 is 5.69 Å². The summed E-state index contributed by atoms with van der Waals surface area (Å²) in [5.74, 6) is -0.469. The third-order valence-corrected chi connectivity index (χ3v) is 3.16. The van der Waals surface area contributed by atoms with Crippen LogP contribution < -0.4 is 10.2 Å². The monoisotopic (exact) mass is 330 g/mol. The molecule has 2 rings (SSSR count). The Morgan fingerprint density at radius 1 is 1.42 bits per heavy atom. The summed E-state index contributed by atoms with van der Waals surface area (Å²) >= 11 is 0. The minimum absolute atomic E-state index is 0.0376. The molecule has 1 heterocycles. The summed E-state index contributed by atoms with van der Waals surface area (Å²) in [5, 5.41) is 14.7. The summed E-state index contributed by atoms with van der Waals surface area (Å²) in [5.41, 5.74) is 2.97. The molecule has 0 aliphatic heterocycles. The predicted molar refractivity (Wildman–Crippen MR) is 89.1 cm³/mol. The van der Waals surface area contributed by atoms with E-state index in [1.54, 1.807) is 6.07 Å². The Kier molecular flexibility index (Phi) is 5.67. The number of amides is 1. The summed E-state index contributed by atoms with van der Waals surface area (Å²) in [6.07, 6.45) is 5.34. The Morgan fingerprint density at radius 3 is 2.83 bits per heavy atom. The lowest BCUT2D eigenvalue weighted by Crippen LogP contribution is -2.24. The zero-order chi connectivity index (χ0) is 17.5. The fraction of sp³-hybridized carbons (Fsp3) is 0.250. The van der Waals surface area contributed by atoms with Crippen molar-refractivity contribution in [3.63, 3.8) is 0 Å². The molecule has 0 aliphatic carbocycles. The number of para-hydroxylation sites is 2. The molecule has 0 spiro atoms. The molecule has 1 aromatic heterocycles. The SMILES string of the molecule is CC(C)n1ccc(/C=N/NC(=O)COc2ccccc2[N+](=O)[O-])c1. The topological polar surface area (TPSA) is 98.8 Å². The Bertz CT molecular complexity index is 752. The Balaban J connectivity index is 1.85. The van der Waals surface area contributed by atoms with Crippen molar-refractivity contribution in [3.05, 3.63) is 58.4 Å². The van der Waals surface area contributed by atoms with Gasteiger partial charge in [-0.15, -0.1) is 0 Å². The van der Waals surface area contributed by atoms with Crippen LogP contribution in [0.1, 0.15) is 25.5 Å². The van der Waals surface area contributed by atoms with Crippen molar-refractivity contribution in [1.82, 2.24) is 9.99 Å². The molecule has 8 nitrogen and oxygen atoms in total. The molecule has 2 aromatic rings. The van der Waals surface area contributed by atoms with Gasteiger partial charge in [0.05, 0.1) is 11.1 Å². The molecular formula is C16H18N4O4. The number of rotatable bonds is 7. The molecule has 24 heavy (non-hydrogen) atoms. The number of benzene rings is 1. The second-order valence-electron chi connectivity index (χ2n) is 5.29. The summed E-state index contributed by atoms with van der Waals surface area (Å²) in [7, 11) is 0. The van der Waals surface area contributed by atoms with Gasteiger partial charge in [-0.25, -0.2) is 5.43 Å². The van der Waals surface area contributed by atoms with Crippen LogP contribution >= 0.6 is 0 Å². The highest BCUT2D eigenvalue weighted by Crippen LogP contribution is 2.25. The summed E-state index contributed by atoms with van der Waals surface area (Å²) in [4.78, 5) is 22.0. The minimum Gasteiger partial charge on any atom is -0.477 e. The number of hydrogen-bond acceptors (Lipinski definition) is 5. The number of hydrogen-bond donors (Lipinski definition) is 1. The van der Waals surface area contributed by atoms with Crippen LogP contribution in [0.4, 0.5) is 5.69 Å². The maximum absolute atomic E-state index is 11.7. The van der Waals surface area contributed by atoms with Crippen molar-refractivity contribution in [2.75, 3.05) is 6.61 Å². The van der Waals surface area contributed by atoms with E-state index < -0.39 is 10.8 Å². The van der Waals surface area contributed by atoms with E-state index in [1.807, 2.05) is 23.0 Å². The Labute approximate surface area is 138 Å². The summed E-state index contributed by atoms with van der Waals surface area (Å²) < 4.78 is 7.18. The van der Waals surface area contributed by atoms with Crippen molar-refractivity contribution in [3.8, 4) is 5.75 Å². The van der Waals surface area contributed by atoms with Crippen LogP contribution in [0, 0.1) is 10.1 Å². The fourth-order valence-corrected chi connectivity index (χ4v) is 1.91. The average molecular weight is 330 g/mol. The number of carbonyl (C=O) groups excluding carboxylic acids is 1. The third-order valence-electron chi connectivity index (χ3n) is 3.16. The van der Waals surface area contributed by atoms with Gasteiger partial charge in [0.2, 0.25) is 0 Å². The lowest BCUT2D eigenvalue weighted by atomic mass is 10.3. The van der Waals surface area contributed by atoms with E-state index in [9.17, 15) is 14.9 Å². The number of nitro benzene ring substituents is 1. The predicted octanol–water partition coefficient (Wildman–Crippen LogP) is 2.51. The standard InChI is InChI=1S/C16H18N4O4/c1-12(2)19-8-7-13(10-19)9-17-18-16(21)11-24-15-6-4-3-5-14(15)20(22)23/h3-10,12H,11H2,1-2H3,(H,18,21)/b17-9+. The Hall–Kier alpha value is -3.16. The second kappa shape index (κ2) is 7.91. The largest absolute Gasteiger partial charge is 0.477 e. The first-order valence-corrected chi connectivity index (χ1v) is 7.33. The first-order valence-electron chi connectivity index (χ1n) is 7.33. The second-order valence-corrected chi connectivity index (χ2v) is 5.29. The molecule has 1 amide bonds. The van der Waals surface area contributed by atoms with E-state index in [0.29, 0.717) is 6.04 Å². The highest BCUT2D eigenvalue weighted by atomic mass is 16.6. The lowest BCUT2D eigenvalue weighted by molar-refractivity contribution is -0.385. The molecule has 8 heteroatoms. The van der Waals surface area contributed by atoms with E-state index in [0.717, 1.165) is 5.56 Å². The minimum atomic E-state index is -0.565. The summed E-state index contributed by atoms with van der Waals surface area (Å²) in [6, 6.07) is 8.08. The van der Waals surface area contributed by atoms with Gasteiger partial charge in [0.25, 0.3) is 5.91 Å². The van der Waals surface area contributed by atoms with Gasteiger partial charge in [-0.05, 0) is 26.0 Å². The molecule has 0 aliphatic rings. The highest BCUT2D eigenvalue weighted by Gasteiger charge is 2.14. The van der Waals surface area contributed by atoms with Crippen LogP contribution in [0.2, 0.25) is 0 Å². The molecule has 126 valence electrons. The van der Waals surface area contributed by atoms with Gasteiger partial charge < -0.3 is 9.30 Å². The van der Waals surface area contributed by atoms with Gasteiger partial charge in [-0.2, -0.15) is 5.10 Å². The third kappa shape index (κ3) is 4.67. The van der Waals surface area contributed by atoms with Crippen molar-refractivity contribution < 1.29 is 14.5 Å². The number of aromatic nitrogens is 1. The lowest BCUT2D eigenvalue weighted by Gasteiger charge is -2.05. The van der Waals surface area contributed by atoms with E-state index in [4.69, 9.17) is 4.74 Å². The highest BCUT2D eigenvalue weighted by molar-refractivity contribution is 5.82. The van der Waals surface area contributed by atoms with Crippen molar-refractivity contribution in [1.29, 1.82) is 0 Å². The van der Waals surface area contributed by atoms with Crippen LogP contribution in [0.15, 0.2) is 47.8 Å². The van der Waals surface area contributed by atoms with Crippen LogP contribution in [-0.2, 0) is 4.79 Å². The van der Waals surface area contributed by atoms with Crippen LogP contribution in [-0.4, -0.2) is 28.2 Å². The zero-order valence-corrected chi connectivity index (χ0v) is 13.4. The number of ether oxygens (including phenoxy) is 1. The number of hydrazone groups is 1. The number of carbonyl (C=O) groups is 1. The first kappa shape index (κ1) is 17.2. The normalized spacial score (nSPS) is 11.0. The van der Waals surface area contributed by atoms with Crippen LogP contribution in [0.3, 0.4) is 0 Å². The molecule has 0 saturated carbocycles. The van der Waals surface area contributed by atoms with E-state index >= 15 is 0 Å². The Morgan fingerprint density at radius 2 is 2.17 bits per heavy atom. The van der Waals surface area contributed by atoms with Gasteiger partial charge in [-0.3, -0.25) is 14.9 Å². The number of nitrogens with one attached hydrogen (secondary N) is 1. The molecular weight excluding hydrogens is 312 g/mol. The molecule has 0 saturated heterocycles. The summed E-state index contributed by atoms with van der Waals surface area (Å²) in [6.45, 7) is 3.75. The molecule has 0 atom stereocenters. The van der Waals surface area contributed by atoms with Gasteiger partial charge in [0, 0.05) is 30.1 Å². The smallest absolute Gasteiger partial charge is 0.310 e. The van der Waals surface area contributed by atoms with Gasteiger partial charge in [-0.1, -0.05) is 12.1 Å². The fourth-order valence-electron chi connectivity index (χ4n) is 1.91. The van der Waals surface area contributed by atoms with Crippen molar-refractivity contribution in [2.45, 2.75) is 19.9 Å². The molecule has 1 aromatic carbocycles. The van der Waals surface area contributed by atoms with Crippen molar-refractivity contribution >= 4 is 17.8 Å². The maximum atomic E-state index is 11.7. The molecule has 1 N–H and O–H groups in total. The van der Waals surface area contributed by atoms with Crippen LogP contribution in [0.5, 0.6) is 5.75 Å². The zero-order valence-electron chi connectivity index (χ0n) is 13.4. The van der Waals surface area contributed by atoms with Gasteiger partial charge in [0.15, 0.2) is 12.4 Å². The maximum Gasteiger partial charge on any atom is 0.310 e. The first-order chi connectivity index (χ1) is 11.5. The number of nitrogens with zero attached hydrogens (tertiary/aromatic N) is 3. The average Bonchev–Trinajstić information content (AvgIpc) is 3.02. The molecule has 0 fully saturated rings. The van der Waals surface area contributed by atoms with E-state index in [1.165, 1.54) is 24.4 Å². The molecule has 0 radical (unpaired) electrons.